The number of carbonyl (C=O) groups is 2. The van der Waals surface area contributed by atoms with Crippen LogP contribution < -0.4 is 9.39 Å². The van der Waals surface area contributed by atoms with E-state index in [2.05, 4.69) is 6.58 Å². The van der Waals surface area contributed by atoms with Crippen molar-refractivity contribution in [3.63, 3.8) is 0 Å². The number of unbranched alkanes of at least 4 members (excludes halogenated alkanes) is 1. The normalized spacial score (nSPS) is 9.78. The first-order valence-corrected chi connectivity index (χ1v) is 8.56. The fourth-order valence-electron chi connectivity index (χ4n) is 2.06. The predicted molar refractivity (Wildman–Crippen MR) is 102 cm³/mol. The summed E-state index contributed by atoms with van der Waals surface area (Å²) in [5.41, 5.74) is 0.412. The van der Waals surface area contributed by atoms with Gasteiger partial charge in [-0.2, -0.15) is 0 Å². The van der Waals surface area contributed by atoms with Crippen molar-refractivity contribution >= 4 is 19.6 Å². The molecule has 0 spiro atoms. The Hall–Kier alpha value is -3.22. The molecule has 0 heterocycles. The number of para-hydroxylation sites is 1. The van der Waals surface area contributed by atoms with E-state index in [1.165, 1.54) is 0 Å². The quantitative estimate of drug-likeness (QED) is 0.263. The van der Waals surface area contributed by atoms with Crippen LogP contribution in [0.4, 0.5) is 0 Å². The molecule has 0 aliphatic heterocycles. The third kappa shape index (κ3) is 7.69. The van der Waals surface area contributed by atoms with E-state index in [0.29, 0.717) is 36.7 Å². The monoisotopic (exact) mass is 368 g/mol. The van der Waals surface area contributed by atoms with Gasteiger partial charge in [-0.3, -0.25) is 0 Å². The van der Waals surface area contributed by atoms with E-state index in [0.717, 1.165) is 12.5 Å². The van der Waals surface area contributed by atoms with Crippen LogP contribution in [0.25, 0.3) is 0 Å². The summed E-state index contributed by atoms with van der Waals surface area (Å²) in [6.45, 7) is 4.15. The van der Waals surface area contributed by atoms with Crippen molar-refractivity contribution in [1.29, 1.82) is 0 Å². The Labute approximate surface area is 159 Å². The number of rotatable bonds is 11. The number of ether oxygens (including phenoxy) is 2. The van der Waals surface area contributed by atoms with Gasteiger partial charge in [0, 0.05) is 6.08 Å². The molecule has 7 heteroatoms. The molecule has 2 rings (SSSR count). The van der Waals surface area contributed by atoms with Gasteiger partial charge in [0.05, 0.1) is 18.8 Å². The summed E-state index contributed by atoms with van der Waals surface area (Å²) in [6.07, 6.45) is 2.58. The Kier molecular flexibility index (Phi) is 8.49. The van der Waals surface area contributed by atoms with Gasteiger partial charge in [-0.15, -0.1) is 0 Å². The molecule has 2 aromatic rings. The maximum Gasteiger partial charge on any atom is 0.578 e. The Morgan fingerprint density at radius 3 is 2.33 bits per heavy atom. The average molecular weight is 368 g/mol. The van der Waals surface area contributed by atoms with Crippen molar-refractivity contribution in [2.75, 3.05) is 13.2 Å². The third-order valence-corrected chi connectivity index (χ3v) is 3.47. The minimum absolute atomic E-state index is 0.155. The van der Waals surface area contributed by atoms with E-state index in [-0.39, 0.29) is 7.69 Å². The number of esters is 1. The van der Waals surface area contributed by atoms with Crippen LogP contribution in [0.2, 0.25) is 0 Å². The molecule has 0 unspecified atom stereocenters. The fraction of sp³-hybridized carbons (Fsp3) is 0.200. The topological polar surface area (TPSA) is 71.1 Å². The first kappa shape index (κ1) is 20.1. The fourth-order valence-corrected chi connectivity index (χ4v) is 2.06. The van der Waals surface area contributed by atoms with Gasteiger partial charge < -0.3 is 18.8 Å². The molecule has 0 fully saturated rings. The lowest BCUT2D eigenvalue weighted by Crippen LogP contribution is -2.14. The van der Waals surface area contributed by atoms with Gasteiger partial charge in [0.1, 0.15) is 11.5 Å². The van der Waals surface area contributed by atoms with Crippen molar-refractivity contribution in [1.82, 2.24) is 0 Å². The second-order valence-electron chi connectivity index (χ2n) is 5.46. The first-order valence-electron chi connectivity index (χ1n) is 8.56. The SMILES string of the molecule is C=CC(=O)OCCCCOc1ccc(C(=O)OBOc2ccccc2)cc1. The molecule has 0 saturated heterocycles. The summed E-state index contributed by atoms with van der Waals surface area (Å²) in [6, 6.07) is 15.8. The summed E-state index contributed by atoms with van der Waals surface area (Å²) in [5.74, 6) is 0.387. The molecule has 0 aromatic heterocycles. The lowest BCUT2D eigenvalue weighted by Gasteiger charge is -2.08. The molecule has 0 aliphatic rings. The zero-order valence-corrected chi connectivity index (χ0v) is 15.0. The highest BCUT2D eigenvalue weighted by Gasteiger charge is 2.09. The van der Waals surface area contributed by atoms with Gasteiger partial charge in [0.2, 0.25) is 0 Å². The van der Waals surface area contributed by atoms with Gasteiger partial charge in [0.15, 0.2) is 0 Å². The third-order valence-electron chi connectivity index (χ3n) is 3.47. The van der Waals surface area contributed by atoms with Crippen molar-refractivity contribution in [3.8, 4) is 11.5 Å². The standard InChI is InChI=1S/C20H21BO6/c1-2-19(22)25-15-7-6-14-24-17-12-10-16(11-13-17)20(23)27-21-26-18-8-4-3-5-9-18/h2-5,8-13,21H,1,6-7,14-15H2. The van der Waals surface area contributed by atoms with E-state index in [9.17, 15) is 9.59 Å². The van der Waals surface area contributed by atoms with Gasteiger partial charge in [-0.05, 0) is 49.2 Å². The number of carbonyl (C=O) groups excluding carboxylic acids is 2. The van der Waals surface area contributed by atoms with Crippen LogP contribution in [0.15, 0.2) is 67.3 Å². The molecular weight excluding hydrogens is 347 g/mol. The largest absolute Gasteiger partial charge is 0.578 e. The molecule has 0 atom stereocenters. The highest BCUT2D eigenvalue weighted by atomic mass is 16.6. The molecule has 6 nitrogen and oxygen atoms in total. The predicted octanol–water partition coefficient (Wildman–Crippen LogP) is 3.08. The van der Waals surface area contributed by atoms with E-state index >= 15 is 0 Å². The van der Waals surface area contributed by atoms with Crippen LogP contribution in [-0.2, 0) is 14.2 Å². The number of hydrogen-bond acceptors (Lipinski definition) is 6. The molecule has 140 valence electrons. The molecule has 0 radical (unpaired) electrons. The molecule has 0 aliphatic carbocycles. The van der Waals surface area contributed by atoms with Crippen molar-refractivity contribution in [2.45, 2.75) is 12.8 Å². The summed E-state index contributed by atoms with van der Waals surface area (Å²) in [5, 5.41) is 0. The Morgan fingerprint density at radius 2 is 1.63 bits per heavy atom. The number of benzene rings is 2. The van der Waals surface area contributed by atoms with E-state index in [1.807, 2.05) is 18.2 Å². The maximum absolute atomic E-state index is 12.0. The highest BCUT2D eigenvalue weighted by molar-refractivity contribution is 6.25. The molecule has 0 saturated carbocycles. The zero-order valence-electron chi connectivity index (χ0n) is 15.0. The second-order valence-corrected chi connectivity index (χ2v) is 5.46. The van der Waals surface area contributed by atoms with Gasteiger partial charge in [-0.25, -0.2) is 9.59 Å². The van der Waals surface area contributed by atoms with E-state index in [4.69, 9.17) is 18.8 Å². The van der Waals surface area contributed by atoms with Crippen molar-refractivity contribution in [2.24, 2.45) is 0 Å². The zero-order chi connectivity index (χ0) is 19.3. The van der Waals surface area contributed by atoms with Crippen molar-refractivity contribution < 1.29 is 28.4 Å². The minimum Gasteiger partial charge on any atom is -0.528 e. The highest BCUT2D eigenvalue weighted by Crippen LogP contribution is 2.14. The van der Waals surface area contributed by atoms with Crippen LogP contribution in [0.3, 0.4) is 0 Å². The van der Waals surface area contributed by atoms with Crippen LogP contribution in [0, 0.1) is 0 Å². The smallest absolute Gasteiger partial charge is 0.528 e. The Morgan fingerprint density at radius 1 is 0.926 bits per heavy atom. The molecule has 0 N–H and O–H groups in total. The summed E-state index contributed by atoms with van der Waals surface area (Å²) >= 11 is 0. The van der Waals surface area contributed by atoms with Crippen molar-refractivity contribution in [3.05, 3.63) is 72.8 Å². The molecule has 2 aromatic carbocycles. The summed E-state index contributed by atoms with van der Waals surface area (Å²) < 4.78 is 20.8. The number of hydrogen-bond donors (Lipinski definition) is 0. The second kappa shape index (κ2) is 11.4. The molecule has 0 bridgehead atoms. The van der Waals surface area contributed by atoms with Gasteiger partial charge in [-0.1, -0.05) is 24.8 Å². The molecule has 0 amide bonds. The summed E-state index contributed by atoms with van der Waals surface area (Å²) in [4.78, 5) is 22.8. The van der Waals surface area contributed by atoms with E-state index in [1.54, 1.807) is 36.4 Å². The first-order chi connectivity index (χ1) is 13.2. The van der Waals surface area contributed by atoms with Gasteiger partial charge in [0.25, 0.3) is 0 Å². The molecular formula is C20H21BO6. The van der Waals surface area contributed by atoms with Crippen LogP contribution in [-0.4, -0.2) is 32.8 Å². The molecule has 27 heavy (non-hydrogen) atoms. The maximum atomic E-state index is 12.0. The van der Waals surface area contributed by atoms with Crippen LogP contribution in [0.1, 0.15) is 23.2 Å². The Bertz CT molecular complexity index is 730. The lowest BCUT2D eigenvalue weighted by molar-refractivity contribution is -0.137. The lowest BCUT2D eigenvalue weighted by atomic mass is 10.2. The average Bonchev–Trinajstić information content (AvgIpc) is 2.71. The van der Waals surface area contributed by atoms with Crippen LogP contribution >= 0.6 is 0 Å². The summed E-state index contributed by atoms with van der Waals surface area (Å²) in [7, 11) is -0.155. The van der Waals surface area contributed by atoms with E-state index < -0.39 is 11.9 Å². The Balaban J connectivity index is 1.64. The minimum atomic E-state index is -0.471. The van der Waals surface area contributed by atoms with Crippen LogP contribution in [0.5, 0.6) is 11.5 Å². The van der Waals surface area contributed by atoms with Gasteiger partial charge >= 0.3 is 19.6 Å².